The second kappa shape index (κ2) is 8.39. The number of hydrogen-bond donors (Lipinski definition) is 2. The molecule has 2 unspecified atom stereocenters. The summed E-state index contributed by atoms with van der Waals surface area (Å²) in [4.78, 5) is 8.31. The van der Waals surface area contributed by atoms with Crippen LogP contribution in [-0.2, 0) is 6.42 Å². The minimum absolute atomic E-state index is 0.159. The van der Waals surface area contributed by atoms with Crippen molar-refractivity contribution in [1.29, 1.82) is 0 Å². The van der Waals surface area contributed by atoms with Crippen LogP contribution in [0, 0.1) is 5.92 Å². The molecule has 1 aliphatic rings. The Morgan fingerprint density at radius 2 is 2.38 bits per heavy atom. The lowest BCUT2D eigenvalue weighted by atomic mass is 10.1. The molecule has 0 aliphatic heterocycles. The van der Waals surface area contributed by atoms with Gasteiger partial charge in [-0.1, -0.05) is 12.5 Å². The molecule has 2 N–H and O–H groups in total. The highest BCUT2D eigenvalue weighted by atomic mass is 32.1. The summed E-state index contributed by atoms with van der Waals surface area (Å²) in [6.07, 6.45) is 4.05. The molecule has 0 radical (unpaired) electrons. The third-order valence-electron chi connectivity index (χ3n) is 4.06. The van der Waals surface area contributed by atoms with Crippen LogP contribution in [0.25, 0.3) is 0 Å². The maximum Gasteiger partial charge on any atom is 0.193 e. The number of aliphatic hydroxyl groups excluding tert-OH is 1. The van der Waals surface area contributed by atoms with Crippen LogP contribution < -0.4 is 5.32 Å². The minimum atomic E-state index is -0.159. The highest BCUT2D eigenvalue weighted by Gasteiger charge is 2.24. The van der Waals surface area contributed by atoms with Gasteiger partial charge in [-0.05, 0) is 37.6 Å². The second-order valence-corrected chi connectivity index (χ2v) is 6.74. The number of rotatable bonds is 6. The van der Waals surface area contributed by atoms with E-state index in [0.29, 0.717) is 5.92 Å². The lowest BCUT2D eigenvalue weighted by Gasteiger charge is -2.22. The standard InChI is InChI=1S/C16H27N3OS/c1-3-17-16(18-12-13-6-4-8-15(13)20)19(2)10-9-14-7-5-11-21-14/h5,7,11,13,15,20H,3-4,6,8-10,12H2,1-2H3,(H,17,18). The van der Waals surface area contributed by atoms with Gasteiger partial charge in [-0.15, -0.1) is 11.3 Å². The second-order valence-electron chi connectivity index (χ2n) is 5.70. The first-order valence-corrected chi connectivity index (χ1v) is 8.78. The van der Waals surface area contributed by atoms with Gasteiger partial charge < -0.3 is 15.3 Å². The predicted molar refractivity (Wildman–Crippen MR) is 90.0 cm³/mol. The number of guanidine groups is 1. The Morgan fingerprint density at radius 1 is 1.52 bits per heavy atom. The molecule has 1 saturated carbocycles. The monoisotopic (exact) mass is 309 g/mol. The van der Waals surface area contributed by atoms with Crippen molar-refractivity contribution in [3.63, 3.8) is 0 Å². The van der Waals surface area contributed by atoms with E-state index in [4.69, 9.17) is 4.99 Å². The van der Waals surface area contributed by atoms with Crippen molar-refractivity contribution in [3.8, 4) is 0 Å². The van der Waals surface area contributed by atoms with Crippen molar-refractivity contribution in [2.45, 2.75) is 38.7 Å². The SMILES string of the molecule is CCNC(=NCC1CCCC1O)N(C)CCc1cccs1. The molecular weight excluding hydrogens is 282 g/mol. The molecule has 5 heteroatoms. The zero-order valence-corrected chi connectivity index (χ0v) is 13.9. The molecule has 4 nitrogen and oxygen atoms in total. The van der Waals surface area contributed by atoms with E-state index >= 15 is 0 Å². The smallest absolute Gasteiger partial charge is 0.193 e. The molecule has 2 atom stereocenters. The fourth-order valence-corrected chi connectivity index (χ4v) is 3.44. The summed E-state index contributed by atoms with van der Waals surface area (Å²) < 4.78 is 0. The van der Waals surface area contributed by atoms with Crippen LogP contribution in [0.2, 0.25) is 0 Å². The van der Waals surface area contributed by atoms with E-state index < -0.39 is 0 Å². The van der Waals surface area contributed by atoms with Gasteiger partial charge in [0.05, 0.1) is 6.10 Å². The molecule has 0 bridgehead atoms. The quantitative estimate of drug-likeness (QED) is 0.626. The molecule has 21 heavy (non-hydrogen) atoms. The summed E-state index contributed by atoms with van der Waals surface area (Å²) in [6, 6.07) is 4.28. The highest BCUT2D eigenvalue weighted by molar-refractivity contribution is 7.09. The minimum Gasteiger partial charge on any atom is -0.393 e. The molecule has 1 aromatic rings. The first kappa shape index (κ1) is 16.3. The van der Waals surface area contributed by atoms with Crippen LogP contribution in [0.5, 0.6) is 0 Å². The van der Waals surface area contributed by atoms with Gasteiger partial charge in [-0.3, -0.25) is 4.99 Å². The zero-order valence-electron chi connectivity index (χ0n) is 13.1. The molecule has 1 aromatic heterocycles. The van der Waals surface area contributed by atoms with Gasteiger partial charge in [0.25, 0.3) is 0 Å². The van der Waals surface area contributed by atoms with Crippen LogP contribution in [0.4, 0.5) is 0 Å². The zero-order chi connectivity index (χ0) is 15.1. The number of aliphatic hydroxyl groups is 1. The largest absolute Gasteiger partial charge is 0.393 e. The maximum atomic E-state index is 9.90. The predicted octanol–water partition coefficient (Wildman–Crippen LogP) is 2.35. The Kier molecular flexibility index (Phi) is 6.51. The molecule has 1 aliphatic carbocycles. The van der Waals surface area contributed by atoms with Gasteiger partial charge in [-0.25, -0.2) is 0 Å². The molecule has 0 aromatic carbocycles. The van der Waals surface area contributed by atoms with Gasteiger partial charge in [0.1, 0.15) is 0 Å². The van der Waals surface area contributed by atoms with E-state index in [1.165, 1.54) is 4.88 Å². The third kappa shape index (κ3) is 5.00. The van der Waals surface area contributed by atoms with Crippen LogP contribution in [0.1, 0.15) is 31.1 Å². The number of aliphatic imine (C=N–C) groups is 1. The third-order valence-corrected chi connectivity index (χ3v) is 5.00. The normalized spacial score (nSPS) is 22.5. The molecule has 1 heterocycles. The first-order valence-electron chi connectivity index (χ1n) is 7.90. The Hall–Kier alpha value is -1.07. The average molecular weight is 309 g/mol. The molecule has 0 spiro atoms. The molecule has 1 fully saturated rings. The van der Waals surface area contributed by atoms with Crippen LogP contribution >= 0.6 is 11.3 Å². The Bertz CT molecular complexity index is 433. The molecular formula is C16H27N3OS. The van der Waals surface area contributed by atoms with Gasteiger partial charge in [0.15, 0.2) is 5.96 Å². The van der Waals surface area contributed by atoms with Gasteiger partial charge in [-0.2, -0.15) is 0 Å². The lowest BCUT2D eigenvalue weighted by Crippen LogP contribution is -2.40. The van der Waals surface area contributed by atoms with E-state index in [9.17, 15) is 5.11 Å². The van der Waals surface area contributed by atoms with Crippen LogP contribution in [0.15, 0.2) is 22.5 Å². The topological polar surface area (TPSA) is 47.9 Å². The number of nitrogens with one attached hydrogen (secondary N) is 1. The van der Waals surface area contributed by atoms with E-state index in [0.717, 1.165) is 51.3 Å². The fraction of sp³-hybridized carbons (Fsp3) is 0.688. The van der Waals surface area contributed by atoms with Crippen molar-refractivity contribution >= 4 is 17.3 Å². The van der Waals surface area contributed by atoms with E-state index in [1.807, 2.05) is 0 Å². The van der Waals surface area contributed by atoms with Crippen molar-refractivity contribution in [2.75, 3.05) is 26.7 Å². The lowest BCUT2D eigenvalue weighted by molar-refractivity contribution is 0.136. The van der Waals surface area contributed by atoms with Crippen molar-refractivity contribution in [1.82, 2.24) is 10.2 Å². The van der Waals surface area contributed by atoms with Crippen LogP contribution in [-0.4, -0.2) is 48.8 Å². The van der Waals surface area contributed by atoms with Crippen molar-refractivity contribution in [2.24, 2.45) is 10.9 Å². The first-order chi connectivity index (χ1) is 10.2. The summed E-state index contributed by atoms with van der Waals surface area (Å²) in [5, 5.41) is 15.4. The van der Waals surface area contributed by atoms with Crippen molar-refractivity contribution < 1.29 is 5.11 Å². The number of hydrogen-bond acceptors (Lipinski definition) is 3. The van der Waals surface area contributed by atoms with E-state index in [-0.39, 0.29) is 6.10 Å². The van der Waals surface area contributed by atoms with E-state index in [2.05, 4.69) is 41.7 Å². The molecule has 0 amide bonds. The summed E-state index contributed by atoms with van der Waals surface area (Å²) in [7, 11) is 2.08. The van der Waals surface area contributed by atoms with Crippen molar-refractivity contribution in [3.05, 3.63) is 22.4 Å². The Labute approximate surface area is 131 Å². The summed E-state index contributed by atoms with van der Waals surface area (Å²) in [5.74, 6) is 1.29. The number of likely N-dealkylation sites (N-methyl/N-ethyl adjacent to an activating group) is 1. The van der Waals surface area contributed by atoms with Gasteiger partial charge in [0.2, 0.25) is 0 Å². The van der Waals surface area contributed by atoms with Gasteiger partial charge in [0, 0.05) is 37.5 Å². The average Bonchev–Trinajstić information content (AvgIpc) is 3.12. The van der Waals surface area contributed by atoms with E-state index in [1.54, 1.807) is 11.3 Å². The molecule has 0 saturated heterocycles. The molecule has 118 valence electrons. The van der Waals surface area contributed by atoms with Gasteiger partial charge >= 0.3 is 0 Å². The highest BCUT2D eigenvalue weighted by Crippen LogP contribution is 2.25. The number of thiophene rings is 1. The Morgan fingerprint density at radius 3 is 3.00 bits per heavy atom. The molecule has 2 rings (SSSR count). The summed E-state index contributed by atoms with van der Waals surface area (Å²) in [5.41, 5.74) is 0. The summed E-state index contributed by atoms with van der Waals surface area (Å²) in [6.45, 7) is 4.65. The number of nitrogens with zero attached hydrogens (tertiary/aromatic N) is 2. The summed E-state index contributed by atoms with van der Waals surface area (Å²) >= 11 is 1.80. The Balaban J connectivity index is 1.86. The fourth-order valence-electron chi connectivity index (χ4n) is 2.74. The van der Waals surface area contributed by atoms with Crippen LogP contribution in [0.3, 0.4) is 0 Å². The maximum absolute atomic E-state index is 9.90.